The molecular formula is C16H19NO2S. The predicted octanol–water partition coefficient (Wildman–Crippen LogP) is 3.99. The summed E-state index contributed by atoms with van der Waals surface area (Å²) in [6, 6.07) is 8.99. The van der Waals surface area contributed by atoms with Gasteiger partial charge in [0.2, 0.25) is 0 Å². The number of benzene rings is 1. The molecule has 20 heavy (non-hydrogen) atoms. The molecule has 1 N–H and O–H groups in total. The summed E-state index contributed by atoms with van der Waals surface area (Å²) in [5.41, 5.74) is 1.74. The number of phenolic OH excluding ortho intramolecular Hbond substituents is 1. The molecule has 0 bridgehead atoms. The Balaban J connectivity index is 2.36. The van der Waals surface area contributed by atoms with Crippen molar-refractivity contribution in [3.8, 4) is 5.75 Å². The molecule has 4 heteroatoms. The normalized spacial score (nSPS) is 10.6. The third-order valence-corrected chi connectivity index (χ3v) is 4.48. The van der Waals surface area contributed by atoms with Crippen molar-refractivity contribution in [2.45, 2.75) is 27.2 Å². The first kappa shape index (κ1) is 14.6. The van der Waals surface area contributed by atoms with Crippen molar-refractivity contribution < 1.29 is 9.90 Å². The van der Waals surface area contributed by atoms with Gasteiger partial charge in [0.05, 0.1) is 10.6 Å². The first-order valence-electron chi connectivity index (χ1n) is 6.77. The topological polar surface area (TPSA) is 40.5 Å². The van der Waals surface area contributed by atoms with Crippen LogP contribution in [0.3, 0.4) is 0 Å². The lowest BCUT2D eigenvalue weighted by molar-refractivity contribution is 0.0992. The zero-order valence-corrected chi connectivity index (χ0v) is 12.8. The summed E-state index contributed by atoms with van der Waals surface area (Å²) in [5.74, 6) is 0.170. The molecule has 2 aromatic rings. The molecule has 1 amide bonds. The third kappa shape index (κ3) is 2.85. The largest absolute Gasteiger partial charge is 0.508 e. The van der Waals surface area contributed by atoms with Crippen LogP contribution >= 0.6 is 11.3 Å². The molecule has 1 aromatic heterocycles. The average Bonchev–Trinajstić information content (AvgIpc) is 2.92. The van der Waals surface area contributed by atoms with Crippen LogP contribution in [0.25, 0.3) is 0 Å². The van der Waals surface area contributed by atoms with Gasteiger partial charge in [-0.05, 0) is 44.0 Å². The Morgan fingerprint density at radius 1 is 1.25 bits per heavy atom. The number of carbonyl (C=O) groups excluding carboxylic acids is 1. The van der Waals surface area contributed by atoms with Crippen molar-refractivity contribution in [2.24, 2.45) is 0 Å². The summed E-state index contributed by atoms with van der Waals surface area (Å²) in [6.07, 6.45) is 0.940. The number of phenols is 1. The van der Waals surface area contributed by atoms with E-state index in [9.17, 15) is 9.90 Å². The third-order valence-electron chi connectivity index (χ3n) is 3.27. The van der Waals surface area contributed by atoms with E-state index in [4.69, 9.17) is 0 Å². The average molecular weight is 289 g/mol. The Kier molecular flexibility index (Phi) is 4.45. The molecule has 1 heterocycles. The van der Waals surface area contributed by atoms with Gasteiger partial charge in [-0.15, -0.1) is 11.3 Å². The highest BCUT2D eigenvalue weighted by atomic mass is 32.1. The summed E-state index contributed by atoms with van der Waals surface area (Å²) in [6.45, 7) is 6.53. The quantitative estimate of drug-likeness (QED) is 0.924. The Labute approximate surface area is 123 Å². The Hall–Kier alpha value is -1.81. The number of hydrogen-bond acceptors (Lipinski definition) is 3. The Morgan fingerprint density at radius 2 is 2.00 bits per heavy atom. The van der Waals surface area contributed by atoms with Crippen molar-refractivity contribution in [3.63, 3.8) is 0 Å². The number of carbonyl (C=O) groups is 1. The standard InChI is InChI=1S/C16H19NO2S/c1-4-13-8-9-15(20-13)16(19)17(5-2)14-10-12(18)7-6-11(14)3/h6-10,18H,4-5H2,1-3H3. The summed E-state index contributed by atoms with van der Waals surface area (Å²) in [7, 11) is 0. The van der Waals surface area contributed by atoms with Crippen molar-refractivity contribution in [1.82, 2.24) is 0 Å². The van der Waals surface area contributed by atoms with E-state index in [1.165, 1.54) is 16.2 Å². The van der Waals surface area contributed by atoms with Gasteiger partial charge >= 0.3 is 0 Å². The fraction of sp³-hybridized carbons (Fsp3) is 0.312. The van der Waals surface area contributed by atoms with E-state index in [-0.39, 0.29) is 11.7 Å². The van der Waals surface area contributed by atoms with Crippen LogP contribution in [0.1, 0.15) is 34.0 Å². The molecule has 0 atom stereocenters. The van der Waals surface area contributed by atoms with Gasteiger partial charge < -0.3 is 10.0 Å². The molecule has 0 saturated heterocycles. The van der Waals surface area contributed by atoms with Crippen LogP contribution in [0.5, 0.6) is 5.75 Å². The molecule has 0 saturated carbocycles. The van der Waals surface area contributed by atoms with Crippen LogP contribution in [-0.2, 0) is 6.42 Å². The second kappa shape index (κ2) is 6.09. The monoisotopic (exact) mass is 289 g/mol. The second-order valence-corrected chi connectivity index (χ2v) is 5.81. The number of anilines is 1. The van der Waals surface area contributed by atoms with Gasteiger partial charge in [0.15, 0.2) is 0 Å². The molecule has 2 rings (SSSR count). The molecule has 106 valence electrons. The predicted molar refractivity (Wildman–Crippen MR) is 83.9 cm³/mol. The van der Waals surface area contributed by atoms with Crippen LogP contribution in [0, 0.1) is 6.92 Å². The number of aromatic hydroxyl groups is 1. The van der Waals surface area contributed by atoms with Gasteiger partial charge in [0.25, 0.3) is 5.91 Å². The van der Waals surface area contributed by atoms with E-state index in [0.717, 1.165) is 22.5 Å². The molecule has 1 aromatic carbocycles. The molecule has 0 spiro atoms. The highest BCUT2D eigenvalue weighted by Crippen LogP contribution is 2.28. The zero-order valence-electron chi connectivity index (χ0n) is 12.0. The number of rotatable bonds is 4. The van der Waals surface area contributed by atoms with Crippen LogP contribution in [0.4, 0.5) is 5.69 Å². The van der Waals surface area contributed by atoms with Crippen molar-refractivity contribution in [1.29, 1.82) is 0 Å². The second-order valence-electron chi connectivity index (χ2n) is 4.64. The molecule has 0 unspecified atom stereocenters. The van der Waals surface area contributed by atoms with Gasteiger partial charge in [-0.2, -0.15) is 0 Å². The fourth-order valence-corrected chi connectivity index (χ4v) is 3.02. The van der Waals surface area contributed by atoms with Crippen molar-refractivity contribution in [3.05, 3.63) is 45.6 Å². The van der Waals surface area contributed by atoms with Gasteiger partial charge in [0, 0.05) is 17.5 Å². The van der Waals surface area contributed by atoms with E-state index < -0.39 is 0 Å². The van der Waals surface area contributed by atoms with Gasteiger partial charge in [-0.1, -0.05) is 13.0 Å². The van der Waals surface area contributed by atoms with Crippen molar-refractivity contribution in [2.75, 3.05) is 11.4 Å². The van der Waals surface area contributed by atoms with Crippen LogP contribution in [0.2, 0.25) is 0 Å². The molecule has 0 radical (unpaired) electrons. The lowest BCUT2D eigenvalue weighted by Crippen LogP contribution is -2.30. The number of nitrogens with zero attached hydrogens (tertiary/aromatic N) is 1. The molecular weight excluding hydrogens is 270 g/mol. The highest BCUT2D eigenvalue weighted by Gasteiger charge is 2.19. The molecule has 3 nitrogen and oxygen atoms in total. The Bertz CT molecular complexity index is 619. The maximum atomic E-state index is 12.6. The van der Waals surface area contributed by atoms with Crippen LogP contribution < -0.4 is 4.90 Å². The van der Waals surface area contributed by atoms with E-state index in [1.807, 2.05) is 32.0 Å². The van der Waals surface area contributed by atoms with Crippen molar-refractivity contribution >= 4 is 22.9 Å². The van der Waals surface area contributed by atoms with Gasteiger partial charge in [-0.3, -0.25) is 4.79 Å². The molecule has 0 fully saturated rings. The minimum absolute atomic E-state index is 0.00843. The summed E-state index contributed by atoms with van der Waals surface area (Å²) in [4.78, 5) is 16.3. The van der Waals surface area contributed by atoms with Gasteiger partial charge in [0.1, 0.15) is 5.75 Å². The Morgan fingerprint density at radius 3 is 2.60 bits per heavy atom. The number of hydrogen-bond donors (Lipinski definition) is 1. The van der Waals surface area contributed by atoms with E-state index in [1.54, 1.807) is 17.0 Å². The SMILES string of the molecule is CCc1ccc(C(=O)N(CC)c2cc(O)ccc2C)s1. The van der Waals surface area contributed by atoms with E-state index in [0.29, 0.717) is 6.54 Å². The number of aryl methyl sites for hydroxylation is 2. The molecule has 0 aliphatic carbocycles. The van der Waals surface area contributed by atoms with Crippen LogP contribution in [0.15, 0.2) is 30.3 Å². The maximum Gasteiger partial charge on any atom is 0.268 e. The summed E-state index contributed by atoms with van der Waals surface area (Å²) in [5, 5.41) is 9.64. The van der Waals surface area contributed by atoms with E-state index in [2.05, 4.69) is 6.92 Å². The number of thiophene rings is 1. The zero-order chi connectivity index (χ0) is 14.7. The summed E-state index contributed by atoms with van der Waals surface area (Å²) >= 11 is 1.54. The first-order chi connectivity index (χ1) is 9.56. The highest BCUT2D eigenvalue weighted by molar-refractivity contribution is 7.14. The fourth-order valence-electron chi connectivity index (χ4n) is 2.13. The molecule has 0 aliphatic heterocycles. The maximum absolute atomic E-state index is 12.6. The van der Waals surface area contributed by atoms with E-state index >= 15 is 0 Å². The summed E-state index contributed by atoms with van der Waals surface area (Å²) < 4.78 is 0. The minimum atomic E-state index is -0.00843. The molecule has 0 aliphatic rings. The number of amides is 1. The smallest absolute Gasteiger partial charge is 0.268 e. The first-order valence-corrected chi connectivity index (χ1v) is 7.58. The lowest BCUT2D eigenvalue weighted by Gasteiger charge is -2.22. The lowest BCUT2D eigenvalue weighted by atomic mass is 10.1. The minimum Gasteiger partial charge on any atom is -0.508 e. The van der Waals surface area contributed by atoms with Gasteiger partial charge in [-0.25, -0.2) is 0 Å². The van der Waals surface area contributed by atoms with Crippen LogP contribution in [-0.4, -0.2) is 17.6 Å².